The second-order valence-electron chi connectivity index (χ2n) is 6.07. The van der Waals surface area contributed by atoms with Crippen molar-refractivity contribution in [3.63, 3.8) is 0 Å². The molecule has 1 aliphatic rings. The fourth-order valence-corrected chi connectivity index (χ4v) is 3.08. The van der Waals surface area contributed by atoms with Gasteiger partial charge in [0.05, 0.1) is 0 Å². The van der Waals surface area contributed by atoms with E-state index in [1.54, 1.807) is 0 Å². The summed E-state index contributed by atoms with van der Waals surface area (Å²) in [6, 6.07) is 2.59. The molecule has 2 rings (SSSR count). The van der Waals surface area contributed by atoms with Gasteiger partial charge in [-0.15, -0.1) is 0 Å². The fraction of sp³-hybridized carbons (Fsp3) is 0.733. The lowest BCUT2D eigenvalue weighted by molar-refractivity contribution is 0.0504. The first-order valence-corrected chi connectivity index (χ1v) is 7.28. The van der Waals surface area contributed by atoms with Crippen LogP contribution in [0.3, 0.4) is 0 Å². The average molecular weight is 263 g/mol. The molecular formula is C15H25N3O. The summed E-state index contributed by atoms with van der Waals surface area (Å²) in [6.07, 6.45) is 3.41. The van der Waals surface area contributed by atoms with E-state index in [1.165, 1.54) is 6.42 Å². The third-order valence-electron chi connectivity index (χ3n) is 4.15. The number of likely N-dealkylation sites (tertiary alicyclic amines) is 1. The van der Waals surface area contributed by atoms with Gasteiger partial charge < -0.3 is 4.90 Å². The molecule has 1 aromatic heterocycles. The van der Waals surface area contributed by atoms with Crippen molar-refractivity contribution in [2.24, 2.45) is 7.05 Å². The van der Waals surface area contributed by atoms with Crippen LogP contribution in [0, 0.1) is 0 Å². The molecule has 2 heterocycles. The highest BCUT2D eigenvalue weighted by atomic mass is 16.2. The Balaban J connectivity index is 2.25. The van der Waals surface area contributed by atoms with Crippen molar-refractivity contribution in [3.05, 3.63) is 17.5 Å². The van der Waals surface area contributed by atoms with Crippen LogP contribution in [-0.4, -0.2) is 32.7 Å². The second kappa shape index (κ2) is 5.35. The van der Waals surface area contributed by atoms with Gasteiger partial charge in [-0.1, -0.05) is 13.8 Å². The number of nitrogens with zero attached hydrogens (tertiary/aromatic N) is 3. The lowest BCUT2D eigenvalue weighted by atomic mass is 9.97. The van der Waals surface area contributed by atoms with Gasteiger partial charge in [-0.05, 0) is 45.1 Å². The van der Waals surface area contributed by atoms with Crippen molar-refractivity contribution in [3.8, 4) is 0 Å². The van der Waals surface area contributed by atoms with Gasteiger partial charge in [-0.25, -0.2) is 0 Å². The van der Waals surface area contributed by atoms with Crippen LogP contribution in [0.1, 0.15) is 69.1 Å². The predicted molar refractivity (Wildman–Crippen MR) is 76.2 cm³/mol. The van der Waals surface area contributed by atoms with Crippen molar-refractivity contribution in [2.75, 3.05) is 0 Å². The van der Waals surface area contributed by atoms with Gasteiger partial charge in [0.2, 0.25) is 0 Å². The lowest BCUT2D eigenvalue weighted by Gasteiger charge is -2.38. The Bertz CT molecular complexity index is 454. The van der Waals surface area contributed by atoms with E-state index in [-0.39, 0.29) is 5.91 Å². The Hall–Kier alpha value is -1.32. The Morgan fingerprint density at radius 3 is 2.37 bits per heavy atom. The van der Waals surface area contributed by atoms with Crippen LogP contribution >= 0.6 is 0 Å². The van der Waals surface area contributed by atoms with Crippen LogP contribution in [0.25, 0.3) is 0 Å². The van der Waals surface area contributed by atoms with Crippen LogP contribution in [0.4, 0.5) is 0 Å². The van der Waals surface area contributed by atoms with Crippen molar-refractivity contribution >= 4 is 5.91 Å². The summed E-state index contributed by atoms with van der Waals surface area (Å²) >= 11 is 0. The maximum atomic E-state index is 12.7. The van der Waals surface area contributed by atoms with Crippen LogP contribution < -0.4 is 0 Å². The van der Waals surface area contributed by atoms with E-state index >= 15 is 0 Å². The first-order chi connectivity index (χ1) is 8.91. The standard InChI is InChI=1S/C15H25N3O/c1-10(2)14-9-13(16-17(14)5)15(19)18-11(3)7-6-8-12(18)4/h9-12H,6-8H2,1-5H3. The summed E-state index contributed by atoms with van der Waals surface area (Å²) < 4.78 is 1.83. The number of aryl methyl sites for hydroxylation is 1. The molecule has 0 spiro atoms. The van der Waals surface area contributed by atoms with E-state index in [1.807, 2.05) is 22.7 Å². The molecule has 1 fully saturated rings. The molecule has 1 saturated heterocycles. The van der Waals surface area contributed by atoms with Gasteiger partial charge in [0.15, 0.2) is 5.69 Å². The number of carbonyl (C=O) groups excluding carboxylic acids is 1. The molecule has 19 heavy (non-hydrogen) atoms. The Kier molecular flexibility index (Phi) is 3.97. The largest absolute Gasteiger partial charge is 0.332 e. The summed E-state index contributed by atoms with van der Waals surface area (Å²) in [7, 11) is 1.91. The number of carbonyl (C=O) groups is 1. The summed E-state index contributed by atoms with van der Waals surface area (Å²) in [4.78, 5) is 14.7. The molecule has 4 heteroatoms. The molecule has 1 amide bonds. The normalized spacial score (nSPS) is 24.0. The van der Waals surface area contributed by atoms with Gasteiger partial charge >= 0.3 is 0 Å². The SMILES string of the molecule is CC(C)c1cc(C(=O)N2C(C)CCCC2C)nn1C. The number of rotatable bonds is 2. The summed E-state index contributed by atoms with van der Waals surface area (Å²) in [5.41, 5.74) is 1.70. The smallest absolute Gasteiger partial charge is 0.274 e. The Morgan fingerprint density at radius 2 is 1.89 bits per heavy atom. The maximum Gasteiger partial charge on any atom is 0.274 e. The number of hydrogen-bond acceptors (Lipinski definition) is 2. The van der Waals surface area contributed by atoms with Crippen LogP contribution in [-0.2, 0) is 7.05 Å². The molecular weight excluding hydrogens is 238 g/mol. The molecule has 4 nitrogen and oxygen atoms in total. The highest BCUT2D eigenvalue weighted by Gasteiger charge is 2.31. The third kappa shape index (κ3) is 2.67. The molecule has 106 valence electrons. The van der Waals surface area contributed by atoms with Crippen LogP contribution in [0.15, 0.2) is 6.07 Å². The van der Waals surface area contributed by atoms with Gasteiger partial charge in [0, 0.05) is 24.8 Å². The predicted octanol–water partition coefficient (Wildman–Crippen LogP) is 2.95. The Morgan fingerprint density at radius 1 is 1.32 bits per heavy atom. The summed E-state index contributed by atoms with van der Waals surface area (Å²) in [5.74, 6) is 0.470. The van der Waals surface area contributed by atoms with E-state index < -0.39 is 0 Å². The van der Waals surface area contributed by atoms with Crippen molar-refractivity contribution < 1.29 is 4.79 Å². The molecule has 0 saturated carbocycles. The quantitative estimate of drug-likeness (QED) is 0.822. The van der Waals surface area contributed by atoms with Gasteiger partial charge in [-0.2, -0.15) is 5.10 Å². The van der Waals surface area contributed by atoms with Gasteiger partial charge in [0.1, 0.15) is 0 Å². The molecule has 0 bridgehead atoms. The summed E-state index contributed by atoms with van der Waals surface area (Å²) in [5, 5.41) is 4.40. The van der Waals surface area contributed by atoms with Gasteiger partial charge in [-0.3, -0.25) is 9.48 Å². The zero-order chi connectivity index (χ0) is 14.2. The van der Waals surface area contributed by atoms with E-state index in [0.29, 0.717) is 23.7 Å². The molecule has 2 atom stereocenters. The minimum Gasteiger partial charge on any atom is -0.332 e. The number of piperidine rings is 1. The zero-order valence-corrected chi connectivity index (χ0v) is 12.7. The molecule has 2 unspecified atom stereocenters. The van der Waals surface area contributed by atoms with E-state index in [4.69, 9.17) is 0 Å². The third-order valence-corrected chi connectivity index (χ3v) is 4.15. The summed E-state index contributed by atoms with van der Waals surface area (Å²) in [6.45, 7) is 8.52. The number of aromatic nitrogens is 2. The molecule has 1 aromatic rings. The molecule has 0 aromatic carbocycles. The Labute approximate surface area is 115 Å². The lowest BCUT2D eigenvalue weighted by Crippen LogP contribution is -2.47. The highest BCUT2D eigenvalue weighted by Crippen LogP contribution is 2.25. The first-order valence-electron chi connectivity index (χ1n) is 7.28. The zero-order valence-electron chi connectivity index (χ0n) is 12.7. The average Bonchev–Trinajstić information content (AvgIpc) is 2.71. The first kappa shape index (κ1) is 14.1. The van der Waals surface area contributed by atoms with E-state index in [0.717, 1.165) is 18.5 Å². The minimum atomic E-state index is 0.0854. The van der Waals surface area contributed by atoms with Crippen molar-refractivity contribution in [1.29, 1.82) is 0 Å². The fourth-order valence-electron chi connectivity index (χ4n) is 3.08. The molecule has 0 aliphatic carbocycles. The highest BCUT2D eigenvalue weighted by molar-refractivity contribution is 5.93. The maximum absolute atomic E-state index is 12.7. The van der Waals surface area contributed by atoms with Crippen LogP contribution in [0.5, 0.6) is 0 Å². The van der Waals surface area contributed by atoms with Crippen molar-refractivity contribution in [2.45, 2.75) is 65.0 Å². The van der Waals surface area contributed by atoms with Crippen molar-refractivity contribution in [1.82, 2.24) is 14.7 Å². The van der Waals surface area contributed by atoms with Crippen LogP contribution in [0.2, 0.25) is 0 Å². The monoisotopic (exact) mass is 263 g/mol. The minimum absolute atomic E-state index is 0.0854. The molecule has 0 radical (unpaired) electrons. The van der Waals surface area contributed by atoms with Gasteiger partial charge in [0.25, 0.3) is 5.91 Å². The van der Waals surface area contributed by atoms with E-state index in [2.05, 4.69) is 32.8 Å². The molecule has 1 aliphatic heterocycles. The number of amides is 1. The number of hydrogen-bond donors (Lipinski definition) is 0. The topological polar surface area (TPSA) is 38.1 Å². The molecule has 0 N–H and O–H groups in total. The second-order valence-corrected chi connectivity index (χ2v) is 6.07. The van der Waals surface area contributed by atoms with E-state index in [9.17, 15) is 4.79 Å².